The van der Waals surface area contributed by atoms with Crippen molar-refractivity contribution in [3.8, 4) is 0 Å². The van der Waals surface area contributed by atoms with Crippen molar-refractivity contribution in [2.24, 2.45) is 0 Å². The maximum Gasteiger partial charge on any atom is 3.00 e. The van der Waals surface area contributed by atoms with E-state index in [9.17, 15) is 0 Å². The summed E-state index contributed by atoms with van der Waals surface area (Å²) in [5, 5.41) is 5.50. The molecule has 0 unspecified atom stereocenters. The fourth-order valence-electron chi connectivity index (χ4n) is 4.81. The van der Waals surface area contributed by atoms with Gasteiger partial charge in [-0.15, -0.1) is 33.7 Å². The Labute approximate surface area is 242 Å². The van der Waals surface area contributed by atoms with Crippen LogP contribution in [0.2, 0.25) is 0 Å². The van der Waals surface area contributed by atoms with Crippen molar-refractivity contribution in [3.63, 3.8) is 0 Å². The van der Waals surface area contributed by atoms with E-state index in [1.807, 2.05) is 0 Å². The molecule has 4 aromatic carbocycles. The normalized spacial score (nSPS) is 13.5. The van der Waals surface area contributed by atoms with Crippen LogP contribution in [0.25, 0.3) is 32.7 Å². The summed E-state index contributed by atoms with van der Waals surface area (Å²) in [4.78, 5) is 0. The van der Waals surface area contributed by atoms with Crippen LogP contribution in [0, 0.1) is 0 Å². The summed E-state index contributed by atoms with van der Waals surface area (Å²) in [5.74, 6) is 0. The van der Waals surface area contributed by atoms with Crippen LogP contribution >= 0.6 is 0 Å². The molecular formula is C32H33Cl2Zr. The molecule has 0 spiro atoms. The van der Waals surface area contributed by atoms with Gasteiger partial charge in [0.2, 0.25) is 0 Å². The van der Waals surface area contributed by atoms with E-state index in [0.29, 0.717) is 0 Å². The molecule has 3 heteroatoms. The van der Waals surface area contributed by atoms with E-state index in [1.165, 1.54) is 54.9 Å². The molecule has 0 amide bonds. The third-order valence-corrected chi connectivity index (χ3v) is 6.88. The van der Waals surface area contributed by atoms with Gasteiger partial charge in [0.1, 0.15) is 0 Å². The summed E-state index contributed by atoms with van der Waals surface area (Å²) in [6.07, 6.45) is 5.76. The van der Waals surface area contributed by atoms with Gasteiger partial charge in [-0.25, -0.2) is 0 Å². The molecule has 1 aliphatic rings. The molecule has 1 radical (unpaired) electrons. The first-order valence-corrected chi connectivity index (χ1v) is 11.8. The fourth-order valence-corrected chi connectivity index (χ4v) is 4.81. The molecule has 0 aliphatic heterocycles. The Balaban J connectivity index is 0.00000144. The number of benzene rings is 3. The molecule has 0 fully saturated rings. The molecule has 179 valence electrons. The van der Waals surface area contributed by atoms with Crippen molar-refractivity contribution >= 4 is 32.7 Å². The standard InChI is InChI=1S/C32H33.2ClH.Zr/c1-31(2,3)25-15-14-24-17-29-28(19-26(32(4,5)6)20-30(29)27(24)18-25)23-13-12-22(16-23)21-10-8-7-9-11-21;;;/h7-12,14-20H,13H2,1-6H3;2*1H;/q-1;;;+3/p-2. The third-order valence-electron chi connectivity index (χ3n) is 6.88. The van der Waals surface area contributed by atoms with Gasteiger partial charge in [0.15, 0.2) is 0 Å². The Hall–Kier alpha value is -1.53. The summed E-state index contributed by atoms with van der Waals surface area (Å²) < 4.78 is 0. The van der Waals surface area contributed by atoms with Gasteiger partial charge < -0.3 is 24.8 Å². The van der Waals surface area contributed by atoms with Crippen molar-refractivity contribution in [3.05, 3.63) is 101 Å². The zero-order valence-electron chi connectivity index (χ0n) is 21.5. The van der Waals surface area contributed by atoms with E-state index in [4.69, 9.17) is 0 Å². The number of hydrogen-bond acceptors (Lipinski definition) is 0. The van der Waals surface area contributed by atoms with Gasteiger partial charge in [0.05, 0.1) is 0 Å². The molecule has 0 bridgehead atoms. The first-order chi connectivity index (χ1) is 15.1. The van der Waals surface area contributed by atoms with Crippen molar-refractivity contribution < 1.29 is 51.0 Å². The molecule has 0 heterocycles. The van der Waals surface area contributed by atoms with Gasteiger partial charge in [0.25, 0.3) is 0 Å². The number of hydrogen-bond donors (Lipinski definition) is 0. The van der Waals surface area contributed by atoms with E-state index in [-0.39, 0.29) is 61.8 Å². The topological polar surface area (TPSA) is 0 Å². The molecule has 0 saturated heterocycles. The van der Waals surface area contributed by atoms with Crippen LogP contribution in [0.3, 0.4) is 0 Å². The number of fused-ring (bicyclic) bond motifs is 3. The summed E-state index contributed by atoms with van der Waals surface area (Å²) >= 11 is 0. The minimum absolute atomic E-state index is 0. The Morgan fingerprint density at radius 3 is 1.97 bits per heavy atom. The van der Waals surface area contributed by atoms with Gasteiger partial charge in [-0.2, -0.15) is 0 Å². The third kappa shape index (κ3) is 5.74. The van der Waals surface area contributed by atoms with E-state index in [2.05, 4.69) is 120 Å². The summed E-state index contributed by atoms with van der Waals surface area (Å²) in [5.41, 5.74) is 8.49. The quantitative estimate of drug-likeness (QED) is 0.320. The first-order valence-electron chi connectivity index (χ1n) is 11.8. The van der Waals surface area contributed by atoms with Crippen molar-refractivity contribution in [1.82, 2.24) is 0 Å². The van der Waals surface area contributed by atoms with Crippen molar-refractivity contribution in [1.29, 1.82) is 0 Å². The maximum absolute atomic E-state index is 2.44. The molecular weight excluding hydrogens is 546 g/mol. The first kappa shape index (κ1) is 29.7. The predicted octanol–water partition coefficient (Wildman–Crippen LogP) is 3.18. The SMILES string of the molecule is CC(C)(C)c1ccc2[cH-]c3c(C4=CC(c5ccccc5)=CC4)cc(C(C)(C)C)cc3c2c1.[Cl-].[Cl-].[Zr+3]. The number of allylic oxidation sites excluding steroid dienone is 4. The van der Waals surface area contributed by atoms with Crippen LogP contribution < -0.4 is 24.8 Å². The van der Waals surface area contributed by atoms with Crippen LogP contribution in [0.15, 0.2) is 78.9 Å². The van der Waals surface area contributed by atoms with E-state index in [0.717, 1.165) is 6.42 Å². The molecule has 4 aromatic rings. The zero-order chi connectivity index (χ0) is 22.7. The van der Waals surface area contributed by atoms with Crippen LogP contribution in [0.4, 0.5) is 0 Å². The van der Waals surface area contributed by atoms with Crippen LogP contribution in [0.1, 0.15) is 70.2 Å². The van der Waals surface area contributed by atoms with Gasteiger partial charge in [-0.05, 0) is 28.4 Å². The molecule has 5 rings (SSSR count). The van der Waals surface area contributed by atoms with Gasteiger partial charge in [-0.1, -0.05) is 131 Å². The maximum atomic E-state index is 2.44. The average Bonchev–Trinajstić information content (AvgIpc) is 3.37. The van der Waals surface area contributed by atoms with Gasteiger partial charge >= 0.3 is 26.2 Å². The van der Waals surface area contributed by atoms with E-state index >= 15 is 0 Å². The molecule has 0 saturated carbocycles. The Morgan fingerprint density at radius 1 is 0.714 bits per heavy atom. The smallest absolute Gasteiger partial charge is 1.00 e. The molecule has 0 aromatic heterocycles. The van der Waals surface area contributed by atoms with Crippen LogP contribution in [-0.4, -0.2) is 0 Å². The van der Waals surface area contributed by atoms with E-state index < -0.39 is 0 Å². The average molecular weight is 580 g/mol. The fraction of sp³-hybridized carbons (Fsp3) is 0.281. The number of halogens is 2. The summed E-state index contributed by atoms with van der Waals surface area (Å²) in [6, 6.07) is 25.1. The molecule has 35 heavy (non-hydrogen) atoms. The number of rotatable bonds is 2. The largest absolute Gasteiger partial charge is 3.00 e. The second-order valence-electron chi connectivity index (χ2n) is 11.3. The van der Waals surface area contributed by atoms with Crippen LogP contribution in [-0.2, 0) is 37.0 Å². The molecule has 0 atom stereocenters. The van der Waals surface area contributed by atoms with Crippen molar-refractivity contribution in [2.45, 2.75) is 58.8 Å². The van der Waals surface area contributed by atoms with E-state index in [1.54, 1.807) is 0 Å². The molecule has 1 aliphatic carbocycles. The zero-order valence-corrected chi connectivity index (χ0v) is 25.4. The Bertz CT molecular complexity index is 1390. The second kappa shape index (κ2) is 10.8. The van der Waals surface area contributed by atoms with Crippen molar-refractivity contribution in [2.75, 3.05) is 0 Å². The van der Waals surface area contributed by atoms with Gasteiger partial charge in [0, 0.05) is 0 Å². The molecule has 0 nitrogen and oxygen atoms in total. The summed E-state index contributed by atoms with van der Waals surface area (Å²) in [7, 11) is 0. The minimum Gasteiger partial charge on any atom is -1.00 e. The second-order valence-corrected chi connectivity index (χ2v) is 11.3. The molecule has 0 N–H and O–H groups in total. The Morgan fingerprint density at radius 2 is 1.34 bits per heavy atom. The van der Waals surface area contributed by atoms with Crippen LogP contribution in [0.5, 0.6) is 0 Å². The summed E-state index contributed by atoms with van der Waals surface area (Å²) in [6.45, 7) is 13.9. The predicted molar refractivity (Wildman–Crippen MR) is 141 cm³/mol. The monoisotopic (exact) mass is 577 g/mol. The van der Waals surface area contributed by atoms with Gasteiger partial charge in [-0.3, -0.25) is 0 Å². The minimum atomic E-state index is 0. The Kier molecular flexibility index (Phi) is 9.20.